The summed E-state index contributed by atoms with van der Waals surface area (Å²) in [6.07, 6.45) is 5.42. The van der Waals surface area contributed by atoms with Crippen molar-refractivity contribution in [2.75, 3.05) is 16.4 Å². The third-order valence-corrected chi connectivity index (χ3v) is 5.19. The molecule has 0 bridgehead atoms. The van der Waals surface area contributed by atoms with Crippen molar-refractivity contribution in [2.24, 2.45) is 5.92 Å². The Balaban J connectivity index is 1.71. The van der Waals surface area contributed by atoms with Crippen molar-refractivity contribution in [3.8, 4) is 0 Å². The Labute approximate surface area is 118 Å². The van der Waals surface area contributed by atoms with E-state index in [4.69, 9.17) is 0 Å². The second-order valence-electron chi connectivity index (χ2n) is 5.53. The van der Waals surface area contributed by atoms with Crippen LogP contribution in [-0.2, 0) is 4.79 Å². The van der Waals surface area contributed by atoms with Gasteiger partial charge in [0.25, 0.3) is 0 Å². The van der Waals surface area contributed by atoms with Crippen LogP contribution in [0.25, 0.3) is 0 Å². The summed E-state index contributed by atoms with van der Waals surface area (Å²) in [5.41, 5.74) is 2.06. The summed E-state index contributed by atoms with van der Waals surface area (Å²) in [5.74, 6) is 1.41. The molecule has 1 atom stereocenters. The van der Waals surface area contributed by atoms with Crippen LogP contribution in [0.4, 0.5) is 11.4 Å². The summed E-state index contributed by atoms with van der Waals surface area (Å²) in [7, 11) is 0. The molecule has 1 aromatic rings. The quantitative estimate of drug-likeness (QED) is 0.884. The van der Waals surface area contributed by atoms with Crippen LogP contribution >= 0.6 is 11.8 Å². The van der Waals surface area contributed by atoms with E-state index in [1.165, 1.54) is 30.6 Å². The smallest absolute Gasteiger partial charge is 0.234 e. The van der Waals surface area contributed by atoms with E-state index in [0.717, 1.165) is 17.3 Å². The zero-order chi connectivity index (χ0) is 13.2. The van der Waals surface area contributed by atoms with Gasteiger partial charge in [0.2, 0.25) is 5.91 Å². The van der Waals surface area contributed by atoms with Crippen LogP contribution in [0.5, 0.6) is 0 Å². The summed E-state index contributed by atoms with van der Waals surface area (Å²) in [6, 6.07) is 6.79. The average Bonchev–Trinajstić information content (AvgIpc) is 2.92. The van der Waals surface area contributed by atoms with E-state index in [1.54, 1.807) is 11.8 Å². The standard InChI is InChI=1S/C15H20N2OS/c1-10(11-4-2-3-5-11)16-12-6-7-14-13(8-12)17-15(18)9-19-14/h6-8,10-11,16H,2-5,9H2,1H3,(H,17,18). The van der Waals surface area contributed by atoms with Gasteiger partial charge in [-0.3, -0.25) is 4.79 Å². The molecule has 4 heteroatoms. The van der Waals surface area contributed by atoms with Crippen LogP contribution in [0.2, 0.25) is 0 Å². The number of carbonyl (C=O) groups is 1. The van der Waals surface area contributed by atoms with Gasteiger partial charge < -0.3 is 10.6 Å². The monoisotopic (exact) mass is 276 g/mol. The van der Waals surface area contributed by atoms with Gasteiger partial charge in [-0.15, -0.1) is 11.8 Å². The van der Waals surface area contributed by atoms with Gasteiger partial charge in [-0.25, -0.2) is 0 Å². The highest BCUT2D eigenvalue weighted by molar-refractivity contribution is 8.00. The Kier molecular flexibility index (Phi) is 3.69. The highest BCUT2D eigenvalue weighted by Crippen LogP contribution is 2.34. The van der Waals surface area contributed by atoms with Gasteiger partial charge in [0.05, 0.1) is 11.4 Å². The number of anilines is 2. The zero-order valence-corrected chi connectivity index (χ0v) is 12.1. The normalized spacial score (nSPS) is 20.8. The average molecular weight is 276 g/mol. The number of hydrogen-bond donors (Lipinski definition) is 2. The molecule has 0 spiro atoms. The van der Waals surface area contributed by atoms with Gasteiger partial charge in [0.15, 0.2) is 0 Å². The fraction of sp³-hybridized carbons (Fsp3) is 0.533. The molecule has 2 N–H and O–H groups in total. The fourth-order valence-corrected chi connectivity index (χ4v) is 3.80. The van der Waals surface area contributed by atoms with Gasteiger partial charge in [-0.05, 0) is 43.9 Å². The van der Waals surface area contributed by atoms with Gasteiger partial charge in [-0.2, -0.15) is 0 Å². The first-order valence-corrected chi connectivity index (χ1v) is 8.04. The SMILES string of the molecule is CC(Nc1ccc2c(c1)NC(=O)CS2)C1CCCC1. The highest BCUT2D eigenvalue weighted by atomic mass is 32.2. The number of hydrogen-bond acceptors (Lipinski definition) is 3. The van der Waals surface area contributed by atoms with E-state index in [9.17, 15) is 4.79 Å². The van der Waals surface area contributed by atoms with Crippen molar-refractivity contribution in [2.45, 2.75) is 43.5 Å². The van der Waals surface area contributed by atoms with Gasteiger partial charge in [0, 0.05) is 16.6 Å². The molecule has 1 amide bonds. The number of fused-ring (bicyclic) bond motifs is 1. The molecule has 1 aliphatic heterocycles. The predicted octanol–water partition coefficient (Wildman–Crippen LogP) is 3.72. The molecule has 0 radical (unpaired) electrons. The van der Waals surface area contributed by atoms with Crippen LogP contribution in [0, 0.1) is 5.92 Å². The summed E-state index contributed by atoms with van der Waals surface area (Å²) in [4.78, 5) is 12.6. The topological polar surface area (TPSA) is 41.1 Å². The second kappa shape index (κ2) is 5.45. The third kappa shape index (κ3) is 2.89. The van der Waals surface area contributed by atoms with E-state index < -0.39 is 0 Å². The van der Waals surface area contributed by atoms with Crippen LogP contribution < -0.4 is 10.6 Å². The number of amides is 1. The second-order valence-corrected chi connectivity index (χ2v) is 6.54. The Bertz CT molecular complexity index is 483. The van der Waals surface area contributed by atoms with Crippen molar-refractivity contribution >= 4 is 29.0 Å². The third-order valence-electron chi connectivity index (χ3n) is 4.11. The van der Waals surface area contributed by atoms with Crippen molar-refractivity contribution in [3.63, 3.8) is 0 Å². The Morgan fingerprint density at radius 3 is 2.95 bits per heavy atom. The molecule has 2 aliphatic rings. The van der Waals surface area contributed by atoms with Crippen LogP contribution in [0.1, 0.15) is 32.6 Å². The fourth-order valence-electron chi connectivity index (χ4n) is 3.01. The summed E-state index contributed by atoms with van der Waals surface area (Å²) < 4.78 is 0. The van der Waals surface area contributed by atoms with E-state index in [0.29, 0.717) is 11.8 Å². The molecule has 1 heterocycles. The minimum Gasteiger partial charge on any atom is -0.382 e. The molecule has 3 rings (SSSR count). The minimum atomic E-state index is 0.0958. The van der Waals surface area contributed by atoms with Crippen molar-refractivity contribution < 1.29 is 4.79 Å². The molecule has 1 fully saturated rings. The number of benzene rings is 1. The molecule has 0 saturated heterocycles. The lowest BCUT2D eigenvalue weighted by Crippen LogP contribution is -2.24. The Morgan fingerprint density at radius 1 is 1.37 bits per heavy atom. The lowest BCUT2D eigenvalue weighted by Gasteiger charge is -2.23. The molecule has 3 nitrogen and oxygen atoms in total. The van der Waals surface area contributed by atoms with Gasteiger partial charge in [0.1, 0.15) is 0 Å². The molecule has 1 aliphatic carbocycles. The lowest BCUT2D eigenvalue weighted by atomic mass is 9.99. The first-order valence-electron chi connectivity index (χ1n) is 7.05. The minimum absolute atomic E-state index is 0.0958. The lowest BCUT2D eigenvalue weighted by molar-refractivity contribution is -0.113. The largest absolute Gasteiger partial charge is 0.382 e. The van der Waals surface area contributed by atoms with Crippen molar-refractivity contribution in [1.82, 2.24) is 0 Å². The summed E-state index contributed by atoms with van der Waals surface area (Å²) in [6.45, 7) is 2.27. The van der Waals surface area contributed by atoms with E-state index in [1.807, 2.05) is 0 Å². The molecule has 0 aromatic heterocycles. The van der Waals surface area contributed by atoms with Crippen LogP contribution in [0.3, 0.4) is 0 Å². The van der Waals surface area contributed by atoms with Crippen LogP contribution in [-0.4, -0.2) is 17.7 Å². The summed E-state index contributed by atoms with van der Waals surface area (Å²) >= 11 is 1.61. The highest BCUT2D eigenvalue weighted by Gasteiger charge is 2.22. The van der Waals surface area contributed by atoms with Gasteiger partial charge >= 0.3 is 0 Å². The maximum atomic E-state index is 11.4. The molecule has 19 heavy (non-hydrogen) atoms. The molecule has 1 aromatic carbocycles. The predicted molar refractivity (Wildman–Crippen MR) is 80.8 cm³/mol. The summed E-state index contributed by atoms with van der Waals surface area (Å²) in [5, 5.41) is 6.53. The maximum absolute atomic E-state index is 11.4. The van der Waals surface area contributed by atoms with Crippen molar-refractivity contribution in [3.05, 3.63) is 18.2 Å². The zero-order valence-electron chi connectivity index (χ0n) is 11.2. The van der Waals surface area contributed by atoms with Gasteiger partial charge in [-0.1, -0.05) is 12.8 Å². The molecular formula is C15H20N2OS. The van der Waals surface area contributed by atoms with Crippen LogP contribution in [0.15, 0.2) is 23.1 Å². The number of rotatable bonds is 3. The van der Waals surface area contributed by atoms with E-state index >= 15 is 0 Å². The van der Waals surface area contributed by atoms with Crippen molar-refractivity contribution in [1.29, 1.82) is 0 Å². The Morgan fingerprint density at radius 2 is 2.16 bits per heavy atom. The Hall–Kier alpha value is -1.16. The van der Waals surface area contributed by atoms with E-state index in [-0.39, 0.29) is 5.91 Å². The molecular weight excluding hydrogens is 256 g/mol. The first-order chi connectivity index (χ1) is 9.22. The number of carbonyl (C=O) groups excluding carboxylic acids is 1. The molecule has 1 saturated carbocycles. The molecule has 1 unspecified atom stereocenters. The maximum Gasteiger partial charge on any atom is 0.234 e. The number of thioether (sulfide) groups is 1. The number of nitrogens with one attached hydrogen (secondary N) is 2. The molecule has 102 valence electrons. The van der Waals surface area contributed by atoms with E-state index in [2.05, 4.69) is 35.8 Å². The first kappa shape index (κ1) is 12.9.